The van der Waals surface area contributed by atoms with E-state index in [1.807, 2.05) is 30.3 Å². The van der Waals surface area contributed by atoms with Gasteiger partial charge in [-0.1, -0.05) is 30.3 Å². The van der Waals surface area contributed by atoms with E-state index in [-0.39, 0.29) is 17.4 Å². The van der Waals surface area contributed by atoms with E-state index >= 15 is 0 Å². The van der Waals surface area contributed by atoms with E-state index in [0.29, 0.717) is 6.42 Å². The molecule has 2 aromatic carbocycles. The van der Waals surface area contributed by atoms with Crippen LogP contribution in [0.3, 0.4) is 0 Å². The second-order valence-corrected chi connectivity index (χ2v) is 8.52. The van der Waals surface area contributed by atoms with Crippen molar-refractivity contribution in [1.29, 1.82) is 0 Å². The molecule has 0 radical (unpaired) electrons. The molecule has 1 N–H and O–H groups in total. The summed E-state index contributed by atoms with van der Waals surface area (Å²) in [7, 11) is -3.04. The number of nitrogens with one attached hydrogen (secondary N) is 1. The molecule has 0 spiro atoms. The lowest BCUT2D eigenvalue weighted by atomic mass is 10.0. The van der Waals surface area contributed by atoms with Gasteiger partial charge in [-0.25, -0.2) is 8.42 Å². The molecule has 5 heteroatoms. The van der Waals surface area contributed by atoms with Crippen molar-refractivity contribution >= 4 is 21.4 Å². The Morgan fingerprint density at radius 1 is 1.04 bits per heavy atom. The maximum Gasteiger partial charge on any atom is 0.228 e. The lowest BCUT2D eigenvalue weighted by Crippen LogP contribution is -2.23. The third-order valence-corrected chi connectivity index (χ3v) is 6.43. The van der Waals surface area contributed by atoms with Gasteiger partial charge in [-0.3, -0.25) is 4.79 Å². The largest absolute Gasteiger partial charge is 0.326 e. The maximum absolute atomic E-state index is 12.2. The van der Waals surface area contributed by atoms with Gasteiger partial charge in [0.15, 0.2) is 9.84 Å². The summed E-state index contributed by atoms with van der Waals surface area (Å²) >= 11 is 0. The summed E-state index contributed by atoms with van der Waals surface area (Å²) in [5, 5.41) is 2.87. The average molecular weight is 327 g/mol. The van der Waals surface area contributed by atoms with Gasteiger partial charge in [0.2, 0.25) is 5.91 Å². The lowest BCUT2D eigenvalue weighted by molar-refractivity contribution is -0.119. The molecular formula is C18H17NO3S. The van der Waals surface area contributed by atoms with Crippen LogP contribution in [0.5, 0.6) is 0 Å². The molecule has 0 aromatic heterocycles. The number of carbonyl (C=O) groups excluding carboxylic acids is 1. The van der Waals surface area contributed by atoms with E-state index in [1.54, 1.807) is 0 Å². The van der Waals surface area contributed by atoms with Crippen LogP contribution in [0, 0.1) is 5.92 Å². The predicted octanol–water partition coefficient (Wildman–Crippen LogP) is 2.63. The van der Waals surface area contributed by atoms with Crippen LogP contribution in [-0.4, -0.2) is 25.8 Å². The van der Waals surface area contributed by atoms with Gasteiger partial charge < -0.3 is 5.32 Å². The van der Waals surface area contributed by atoms with Crippen molar-refractivity contribution in [3.8, 4) is 11.1 Å². The zero-order chi connectivity index (χ0) is 16.0. The van der Waals surface area contributed by atoms with Crippen molar-refractivity contribution in [1.82, 2.24) is 0 Å². The van der Waals surface area contributed by atoms with Crippen LogP contribution in [0.15, 0.2) is 42.5 Å². The molecule has 1 atom stereocenters. The molecule has 1 aliphatic carbocycles. The smallest absolute Gasteiger partial charge is 0.228 e. The lowest BCUT2D eigenvalue weighted by Gasteiger charge is -2.11. The molecule has 1 fully saturated rings. The summed E-state index contributed by atoms with van der Waals surface area (Å²) in [6.07, 6.45) is 1.29. The topological polar surface area (TPSA) is 63.2 Å². The first-order valence-electron chi connectivity index (χ1n) is 7.74. The second kappa shape index (κ2) is 5.20. The van der Waals surface area contributed by atoms with Crippen LogP contribution in [-0.2, 0) is 21.1 Å². The van der Waals surface area contributed by atoms with Crippen molar-refractivity contribution in [2.75, 3.05) is 16.8 Å². The molecule has 23 heavy (non-hydrogen) atoms. The Morgan fingerprint density at radius 3 is 2.61 bits per heavy atom. The molecule has 1 aliphatic heterocycles. The predicted molar refractivity (Wildman–Crippen MR) is 90.1 cm³/mol. The fourth-order valence-electron chi connectivity index (χ4n) is 3.47. The summed E-state index contributed by atoms with van der Waals surface area (Å²) in [5.41, 5.74) is 5.70. The minimum Gasteiger partial charge on any atom is -0.326 e. The quantitative estimate of drug-likeness (QED) is 0.787. The minimum absolute atomic E-state index is 0.0325. The number of fused-ring (bicyclic) bond motifs is 3. The van der Waals surface area contributed by atoms with Crippen LogP contribution >= 0.6 is 0 Å². The zero-order valence-corrected chi connectivity index (χ0v) is 13.4. The highest BCUT2D eigenvalue weighted by Gasteiger charge is 2.33. The van der Waals surface area contributed by atoms with Gasteiger partial charge >= 0.3 is 0 Å². The summed E-state index contributed by atoms with van der Waals surface area (Å²) < 4.78 is 23.0. The molecule has 4 nitrogen and oxygen atoms in total. The Morgan fingerprint density at radius 2 is 1.83 bits per heavy atom. The van der Waals surface area contributed by atoms with Crippen molar-refractivity contribution < 1.29 is 13.2 Å². The number of hydrogen-bond acceptors (Lipinski definition) is 3. The molecule has 0 bridgehead atoms. The Hall–Kier alpha value is -2.14. The molecule has 1 saturated heterocycles. The molecule has 118 valence electrons. The van der Waals surface area contributed by atoms with Gasteiger partial charge in [0.05, 0.1) is 17.4 Å². The number of benzene rings is 2. The van der Waals surface area contributed by atoms with Crippen molar-refractivity contribution in [3.05, 3.63) is 53.6 Å². The highest BCUT2D eigenvalue weighted by Crippen LogP contribution is 2.37. The standard InChI is InChI=1S/C18H17NO3S/c20-18(13-7-8-23(21,22)11-13)19-15-5-6-17-14(10-15)9-12-3-1-2-4-16(12)17/h1-6,10,13H,7-9,11H2,(H,19,20). The van der Waals surface area contributed by atoms with Crippen LogP contribution in [0.1, 0.15) is 17.5 Å². The zero-order valence-electron chi connectivity index (χ0n) is 12.6. The molecule has 1 heterocycles. The fraction of sp³-hybridized carbons (Fsp3) is 0.278. The van der Waals surface area contributed by atoms with Crippen LogP contribution in [0.2, 0.25) is 0 Å². The number of rotatable bonds is 2. The summed E-state index contributed by atoms with van der Waals surface area (Å²) in [4.78, 5) is 12.2. The highest BCUT2D eigenvalue weighted by molar-refractivity contribution is 7.91. The number of anilines is 1. The normalized spacial score (nSPS) is 20.8. The monoisotopic (exact) mass is 327 g/mol. The van der Waals surface area contributed by atoms with Crippen LogP contribution < -0.4 is 5.32 Å². The Bertz CT molecular complexity index is 902. The first kappa shape index (κ1) is 14.5. The SMILES string of the molecule is O=C(Nc1ccc2c(c1)Cc1ccccc1-2)C1CCS(=O)(=O)C1. The van der Waals surface area contributed by atoms with Gasteiger partial charge in [-0.2, -0.15) is 0 Å². The van der Waals surface area contributed by atoms with E-state index in [4.69, 9.17) is 0 Å². The summed E-state index contributed by atoms with van der Waals surface area (Å²) in [5.74, 6) is -0.535. The highest BCUT2D eigenvalue weighted by atomic mass is 32.2. The fourth-order valence-corrected chi connectivity index (χ4v) is 5.21. The van der Waals surface area contributed by atoms with Gasteiger partial charge in [0, 0.05) is 5.69 Å². The van der Waals surface area contributed by atoms with Gasteiger partial charge in [0.25, 0.3) is 0 Å². The molecule has 2 aliphatic rings. The van der Waals surface area contributed by atoms with Gasteiger partial charge in [-0.15, -0.1) is 0 Å². The van der Waals surface area contributed by atoms with E-state index in [9.17, 15) is 13.2 Å². The van der Waals surface area contributed by atoms with Crippen LogP contribution in [0.25, 0.3) is 11.1 Å². The van der Waals surface area contributed by atoms with Crippen LogP contribution in [0.4, 0.5) is 5.69 Å². The number of carbonyl (C=O) groups is 1. The first-order chi connectivity index (χ1) is 11.0. The van der Waals surface area contributed by atoms with Crippen molar-refractivity contribution in [2.24, 2.45) is 5.92 Å². The third kappa shape index (κ3) is 2.65. The maximum atomic E-state index is 12.2. The van der Waals surface area contributed by atoms with Crippen molar-refractivity contribution in [3.63, 3.8) is 0 Å². The number of sulfone groups is 1. The Balaban J connectivity index is 1.54. The number of hydrogen-bond donors (Lipinski definition) is 1. The molecule has 1 amide bonds. The third-order valence-electron chi connectivity index (χ3n) is 4.66. The van der Waals surface area contributed by atoms with Gasteiger partial charge in [-0.05, 0) is 47.2 Å². The second-order valence-electron chi connectivity index (χ2n) is 6.30. The molecule has 1 unspecified atom stereocenters. The Labute approximate surface area is 135 Å². The average Bonchev–Trinajstić information content (AvgIpc) is 3.06. The van der Waals surface area contributed by atoms with Crippen molar-refractivity contribution in [2.45, 2.75) is 12.8 Å². The van der Waals surface area contributed by atoms with E-state index in [0.717, 1.165) is 12.1 Å². The Kier molecular flexibility index (Phi) is 3.27. The molecular weight excluding hydrogens is 310 g/mol. The molecule has 2 aromatic rings. The van der Waals surface area contributed by atoms with E-state index < -0.39 is 15.8 Å². The molecule has 4 rings (SSSR count). The number of amides is 1. The minimum atomic E-state index is -3.04. The first-order valence-corrected chi connectivity index (χ1v) is 9.56. The van der Waals surface area contributed by atoms with E-state index in [1.165, 1.54) is 22.3 Å². The molecule has 0 saturated carbocycles. The summed E-state index contributed by atoms with van der Waals surface area (Å²) in [6, 6.07) is 14.2. The van der Waals surface area contributed by atoms with E-state index in [2.05, 4.69) is 17.4 Å². The summed E-state index contributed by atoms with van der Waals surface area (Å²) in [6.45, 7) is 0. The van der Waals surface area contributed by atoms with Gasteiger partial charge in [0.1, 0.15) is 0 Å².